The van der Waals surface area contributed by atoms with Crippen molar-refractivity contribution in [2.75, 3.05) is 39.3 Å². The Bertz CT molecular complexity index is 576. The lowest BCUT2D eigenvalue weighted by Crippen LogP contribution is -2.62. The predicted molar refractivity (Wildman–Crippen MR) is 88.6 cm³/mol. The van der Waals surface area contributed by atoms with E-state index in [2.05, 4.69) is 4.90 Å². The number of halogens is 1. The molecule has 130 valence electrons. The summed E-state index contributed by atoms with van der Waals surface area (Å²) < 4.78 is 18.6. The van der Waals surface area contributed by atoms with Crippen molar-refractivity contribution in [1.82, 2.24) is 14.7 Å². The van der Waals surface area contributed by atoms with Gasteiger partial charge in [0.25, 0.3) is 0 Å². The van der Waals surface area contributed by atoms with Gasteiger partial charge < -0.3 is 14.5 Å². The Labute approximate surface area is 142 Å². The van der Waals surface area contributed by atoms with Gasteiger partial charge in [0.1, 0.15) is 17.7 Å². The molecule has 0 aromatic heterocycles. The van der Waals surface area contributed by atoms with Crippen LogP contribution in [0.25, 0.3) is 0 Å². The molecule has 0 spiro atoms. The molecule has 5 nitrogen and oxygen atoms in total. The number of urea groups is 1. The predicted octanol–water partition coefficient (Wildman–Crippen LogP) is 2.18. The van der Waals surface area contributed by atoms with Crippen LogP contribution in [0, 0.1) is 5.82 Å². The monoisotopic (exact) mass is 333 g/mol. The highest BCUT2D eigenvalue weighted by molar-refractivity contribution is 5.75. The van der Waals surface area contributed by atoms with Crippen LogP contribution in [0.1, 0.15) is 19.3 Å². The van der Waals surface area contributed by atoms with E-state index in [0.717, 1.165) is 32.2 Å². The topological polar surface area (TPSA) is 36.0 Å². The number of carbonyl (C=O) groups excluding carboxylic acids is 1. The number of hydrogen-bond donors (Lipinski definition) is 0. The summed E-state index contributed by atoms with van der Waals surface area (Å²) in [6.07, 6.45) is 4.01. The standard InChI is InChI=1S/C18H24FN3O2/c19-14-4-6-16(7-5-14)24-17-12-22(13-17)18(23)21-10-8-20(9-11-21)15-2-1-3-15/h4-7,15,17H,1-3,8-13H2. The largest absolute Gasteiger partial charge is 0.487 e. The lowest BCUT2D eigenvalue weighted by Gasteiger charge is -2.46. The Kier molecular flexibility index (Phi) is 4.31. The Morgan fingerprint density at radius 2 is 1.67 bits per heavy atom. The third-order valence-electron chi connectivity index (χ3n) is 5.41. The molecule has 1 aromatic carbocycles. The summed E-state index contributed by atoms with van der Waals surface area (Å²) in [6.45, 7) is 4.88. The van der Waals surface area contributed by atoms with Crippen LogP contribution in [0.5, 0.6) is 5.75 Å². The second kappa shape index (κ2) is 6.59. The molecule has 3 aliphatic rings. The van der Waals surface area contributed by atoms with Crippen molar-refractivity contribution < 1.29 is 13.9 Å². The van der Waals surface area contributed by atoms with Crippen LogP contribution in [0.3, 0.4) is 0 Å². The molecule has 2 aliphatic heterocycles. The fourth-order valence-electron chi connectivity index (χ4n) is 3.60. The number of amides is 2. The number of benzene rings is 1. The molecule has 2 amide bonds. The van der Waals surface area contributed by atoms with Crippen LogP contribution in [-0.2, 0) is 0 Å². The molecule has 0 N–H and O–H groups in total. The summed E-state index contributed by atoms with van der Waals surface area (Å²) in [5.74, 6) is 0.386. The van der Waals surface area contributed by atoms with Crippen LogP contribution in [0.2, 0.25) is 0 Å². The molecule has 2 saturated heterocycles. The van der Waals surface area contributed by atoms with E-state index < -0.39 is 0 Å². The molecule has 0 unspecified atom stereocenters. The van der Waals surface area contributed by atoms with E-state index in [-0.39, 0.29) is 18.0 Å². The molecule has 24 heavy (non-hydrogen) atoms. The van der Waals surface area contributed by atoms with Crippen molar-refractivity contribution in [3.05, 3.63) is 30.1 Å². The van der Waals surface area contributed by atoms with Gasteiger partial charge in [-0.25, -0.2) is 9.18 Å². The first-order valence-corrected chi connectivity index (χ1v) is 8.89. The van der Waals surface area contributed by atoms with E-state index in [1.165, 1.54) is 31.4 Å². The number of piperazine rings is 1. The number of nitrogens with zero attached hydrogens (tertiary/aromatic N) is 3. The number of hydrogen-bond acceptors (Lipinski definition) is 3. The van der Waals surface area contributed by atoms with Gasteiger partial charge in [-0.05, 0) is 37.1 Å². The number of rotatable bonds is 3. The van der Waals surface area contributed by atoms with Crippen molar-refractivity contribution in [2.45, 2.75) is 31.4 Å². The van der Waals surface area contributed by atoms with E-state index in [0.29, 0.717) is 18.8 Å². The highest BCUT2D eigenvalue weighted by Gasteiger charge is 2.36. The SMILES string of the molecule is O=C(N1CCN(C2CCC2)CC1)N1CC(Oc2ccc(F)cc2)C1. The van der Waals surface area contributed by atoms with Gasteiger partial charge in [-0.3, -0.25) is 4.90 Å². The molecule has 4 rings (SSSR count). The van der Waals surface area contributed by atoms with E-state index in [1.54, 1.807) is 12.1 Å². The Morgan fingerprint density at radius 1 is 1.00 bits per heavy atom. The maximum absolute atomic E-state index is 12.9. The Morgan fingerprint density at radius 3 is 2.25 bits per heavy atom. The lowest BCUT2D eigenvalue weighted by atomic mass is 9.91. The van der Waals surface area contributed by atoms with Gasteiger partial charge >= 0.3 is 6.03 Å². The van der Waals surface area contributed by atoms with Crippen LogP contribution < -0.4 is 4.74 Å². The van der Waals surface area contributed by atoms with Gasteiger partial charge in [-0.1, -0.05) is 6.42 Å². The summed E-state index contributed by atoms with van der Waals surface area (Å²) in [5, 5.41) is 0. The van der Waals surface area contributed by atoms with Gasteiger partial charge in [0.05, 0.1) is 13.1 Å². The van der Waals surface area contributed by atoms with Crippen LogP contribution in [-0.4, -0.2) is 72.1 Å². The zero-order valence-electron chi connectivity index (χ0n) is 13.9. The molecule has 2 heterocycles. The third kappa shape index (κ3) is 3.20. The average molecular weight is 333 g/mol. The first-order chi connectivity index (χ1) is 11.7. The second-order valence-corrected chi connectivity index (χ2v) is 6.99. The minimum Gasteiger partial charge on any atom is -0.487 e. The molecular weight excluding hydrogens is 309 g/mol. The van der Waals surface area contributed by atoms with E-state index in [4.69, 9.17) is 4.74 Å². The smallest absolute Gasteiger partial charge is 0.320 e. The molecule has 0 bridgehead atoms. The Hall–Kier alpha value is -1.82. The molecule has 1 saturated carbocycles. The molecule has 1 aliphatic carbocycles. The number of ether oxygens (including phenoxy) is 1. The first-order valence-electron chi connectivity index (χ1n) is 8.89. The van der Waals surface area contributed by atoms with Gasteiger partial charge in [-0.2, -0.15) is 0 Å². The Balaban J connectivity index is 1.20. The van der Waals surface area contributed by atoms with Crippen molar-refractivity contribution in [1.29, 1.82) is 0 Å². The van der Waals surface area contributed by atoms with Gasteiger partial charge in [0, 0.05) is 32.2 Å². The zero-order valence-corrected chi connectivity index (χ0v) is 13.9. The number of likely N-dealkylation sites (tertiary alicyclic amines) is 1. The molecule has 1 aromatic rings. The molecule has 0 radical (unpaired) electrons. The van der Waals surface area contributed by atoms with E-state index in [9.17, 15) is 9.18 Å². The summed E-state index contributed by atoms with van der Waals surface area (Å²) in [5.41, 5.74) is 0. The van der Waals surface area contributed by atoms with Crippen molar-refractivity contribution in [3.8, 4) is 5.75 Å². The highest BCUT2D eigenvalue weighted by Crippen LogP contribution is 2.26. The fourth-order valence-corrected chi connectivity index (χ4v) is 3.60. The molecule has 3 fully saturated rings. The summed E-state index contributed by atoms with van der Waals surface area (Å²) in [7, 11) is 0. The average Bonchev–Trinajstić information content (AvgIpc) is 2.51. The van der Waals surface area contributed by atoms with Crippen molar-refractivity contribution in [3.63, 3.8) is 0 Å². The minimum atomic E-state index is -0.270. The molecular formula is C18H24FN3O2. The van der Waals surface area contributed by atoms with E-state index >= 15 is 0 Å². The van der Waals surface area contributed by atoms with Gasteiger partial charge in [0.2, 0.25) is 0 Å². The summed E-state index contributed by atoms with van der Waals surface area (Å²) in [4.78, 5) is 18.8. The lowest BCUT2D eigenvalue weighted by molar-refractivity contribution is 0.0170. The quantitative estimate of drug-likeness (QED) is 0.851. The van der Waals surface area contributed by atoms with Crippen LogP contribution in [0.4, 0.5) is 9.18 Å². The normalized spacial score (nSPS) is 22.9. The number of carbonyl (C=O) groups is 1. The summed E-state index contributed by atoms with van der Waals surface area (Å²) in [6, 6.07) is 6.91. The van der Waals surface area contributed by atoms with Gasteiger partial charge in [0.15, 0.2) is 0 Å². The van der Waals surface area contributed by atoms with Crippen LogP contribution >= 0.6 is 0 Å². The van der Waals surface area contributed by atoms with Crippen LogP contribution in [0.15, 0.2) is 24.3 Å². The highest BCUT2D eigenvalue weighted by atomic mass is 19.1. The fraction of sp³-hybridized carbons (Fsp3) is 0.611. The van der Waals surface area contributed by atoms with Gasteiger partial charge in [-0.15, -0.1) is 0 Å². The third-order valence-corrected chi connectivity index (χ3v) is 5.41. The van der Waals surface area contributed by atoms with E-state index in [1.807, 2.05) is 9.80 Å². The molecule has 6 heteroatoms. The second-order valence-electron chi connectivity index (χ2n) is 6.99. The zero-order chi connectivity index (χ0) is 16.5. The summed E-state index contributed by atoms with van der Waals surface area (Å²) >= 11 is 0. The van der Waals surface area contributed by atoms with Crippen molar-refractivity contribution >= 4 is 6.03 Å². The maximum Gasteiger partial charge on any atom is 0.320 e. The van der Waals surface area contributed by atoms with Crippen molar-refractivity contribution in [2.24, 2.45) is 0 Å². The first kappa shape index (κ1) is 15.7. The maximum atomic E-state index is 12.9. The molecule has 0 atom stereocenters. The minimum absolute atomic E-state index is 0.00989.